The molecule has 0 radical (unpaired) electrons. The fourth-order valence-corrected chi connectivity index (χ4v) is 4.18. The van der Waals surface area contributed by atoms with Crippen molar-refractivity contribution in [1.29, 1.82) is 0 Å². The Bertz CT molecular complexity index is 1420. The van der Waals surface area contributed by atoms with Crippen molar-refractivity contribution in [2.24, 2.45) is 0 Å². The van der Waals surface area contributed by atoms with Crippen LogP contribution in [0.4, 0.5) is 4.39 Å². The number of nitrogens with one attached hydrogen (secondary N) is 1. The zero-order chi connectivity index (χ0) is 20.2. The molecule has 1 aliphatic rings. The molecule has 0 spiro atoms. The third-order valence-corrected chi connectivity index (χ3v) is 5.59. The average Bonchev–Trinajstić information content (AvgIpc) is 3.50. The number of H-pyrrole nitrogens is 1. The quantitative estimate of drug-likeness (QED) is 0.493. The van der Waals surface area contributed by atoms with Gasteiger partial charge in [-0.15, -0.1) is 0 Å². The monoisotopic (exact) mass is 401 g/mol. The summed E-state index contributed by atoms with van der Waals surface area (Å²) in [6, 6.07) is 9.74. The number of nitrogens with zero attached hydrogens (tertiary/aromatic N) is 6. The van der Waals surface area contributed by atoms with Crippen LogP contribution in [-0.4, -0.2) is 46.5 Å². The molecule has 1 aliphatic heterocycles. The summed E-state index contributed by atoms with van der Waals surface area (Å²) in [5.41, 5.74) is 3.86. The minimum atomic E-state index is -0.523. The van der Waals surface area contributed by atoms with Crippen molar-refractivity contribution in [2.75, 3.05) is 6.54 Å². The van der Waals surface area contributed by atoms with Crippen molar-refractivity contribution in [3.05, 3.63) is 89.8 Å². The smallest absolute Gasteiger partial charge is 0.258 e. The van der Waals surface area contributed by atoms with Crippen LogP contribution in [0.5, 0.6) is 0 Å². The van der Waals surface area contributed by atoms with Crippen molar-refractivity contribution < 1.29 is 9.18 Å². The molecule has 0 bridgehead atoms. The molecule has 1 amide bonds. The Hall–Kier alpha value is -4.01. The summed E-state index contributed by atoms with van der Waals surface area (Å²) in [4.78, 5) is 23.0. The second-order valence-corrected chi connectivity index (χ2v) is 7.26. The Morgan fingerprint density at radius 3 is 2.93 bits per heavy atom. The highest BCUT2D eigenvalue weighted by Crippen LogP contribution is 2.35. The van der Waals surface area contributed by atoms with E-state index < -0.39 is 6.04 Å². The summed E-state index contributed by atoms with van der Waals surface area (Å²) in [5.74, 6) is -0.526. The number of pyridine rings is 2. The highest BCUT2D eigenvalue weighted by atomic mass is 19.1. The number of fused-ring (bicyclic) bond motifs is 3. The number of rotatable bonds is 2. The number of aromatic amines is 1. The maximum Gasteiger partial charge on any atom is 0.258 e. The Labute approximate surface area is 169 Å². The van der Waals surface area contributed by atoms with E-state index in [0.717, 1.165) is 16.9 Å². The molecule has 8 nitrogen and oxygen atoms in total. The summed E-state index contributed by atoms with van der Waals surface area (Å²) in [5, 5.41) is 8.85. The highest BCUT2D eigenvalue weighted by Gasteiger charge is 2.37. The molecule has 0 saturated carbocycles. The van der Waals surface area contributed by atoms with Crippen LogP contribution in [0.25, 0.3) is 11.0 Å². The van der Waals surface area contributed by atoms with Gasteiger partial charge in [-0.1, -0.05) is 6.07 Å². The Morgan fingerprint density at radius 2 is 2.03 bits per heavy atom. The number of imidazole rings is 1. The maximum absolute atomic E-state index is 14.3. The highest BCUT2D eigenvalue weighted by molar-refractivity contribution is 6.01. The second-order valence-electron chi connectivity index (χ2n) is 7.26. The number of aromatic nitrogens is 6. The summed E-state index contributed by atoms with van der Waals surface area (Å²) in [7, 11) is 0. The fourth-order valence-electron chi connectivity index (χ4n) is 4.18. The van der Waals surface area contributed by atoms with Crippen molar-refractivity contribution in [2.45, 2.75) is 12.5 Å². The van der Waals surface area contributed by atoms with Crippen molar-refractivity contribution >= 4 is 16.9 Å². The molecule has 1 atom stereocenters. The van der Waals surface area contributed by atoms with E-state index in [9.17, 15) is 9.18 Å². The molecule has 5 aromatic heterocycles. The molecule has 6 heterocycles. The molecule has 6 rings (SSSR count). The first-order valence-corrected chi connectivity index (χ1v) is 9.60. The van der Waals surface area contributed by atoms with E-state index in [1.807, 2.05) is 18.2 Å². The van der Waals surface area contributed by atoms with Crippen LogP contribution in [0.2, 0.25) is 0 Å². The van der Waals surface area contributed by atoms with E-state index in [1.54, 1.807) is 46.5 Å². The van der Waals surface area contributed by atoms with E-state index >= 15 is 0 Å². The third-order valence-electron chi connectivity index (χ3n) is 5.59. The fraction of sp³-hybridized carbons (Fsp3) is 0.143. The molecule has 148 valence electrons. The molecular weight excluding hydrogens is 385 g/mol. The molecule has 9 heteroatoms. The van der Waals surface area contributed by atoms with E-state index in [-0.39, 0.29) is 11.7 Å². The summed E-state index contributed by atoms with van der Waals surface area (Å²) in [6.07, 6.45) is 7.35. The molecule has 1 N–H and O–H groups in total. The van der Waals surface area contributed by atoms with Crippen LogP contribution in [-0.2, 0) is 6.42 Å². The molecule has 0 fully saturated rings. The topological polar surface area (TPSA) is 83.6 Å². The van der Waals surface area contributed by atoms with Crippen molar-refractivity contribution in [3.8, 4) is 0 Å². The lowest BCUT2D eigenvalue weighted by atomic mass is 9.98. The average molecular weight is 401 g/mol. The number of halogens is 1. The summed E-state index contributed by atoms with van der Waals surface area (Å²) >= 11 is 0. The van der Waals surface area contributed by atoms with Gasteiger partial charge >= 0.3 is 0 Å². The van der Waals surface area contributed by atoms with Gasteiger partial charge in [0.15, 0.2) is 0 Å². The van der Waals surface area contributed by atoms with Crippen LogP contribution in [0.3, 0.4) is 0 Å². The largest absolute Gasteiger partial charge is 0.348 e. The second kappa shape index (κ2) is 6.24. The van der Waals surface area contributed by atoms with Crippen molar-refractivity contribution in [1.82, 2.24) is 34.1 Å². The zero-order valence-electron chi connectivity index (χ0n) is 15.7. The standard InChI is InChI=1S/C21H16FN7O/c22-14-4-3-8-29-18(14)10-16(26-29)20-19-15(23-12-24-19)6-9-27(20)21(30)13-11-25-28-7-2-1-5-17(13)28/h1-5,7-8,10-12,20H,6,9H2,(H,23,24)/t20-/m0/s1. The Morgan fingerprint density at radius 1 is 1.13 bits per heavy atom. The molecule has 5 aromatic rings. The molecule has 0 unspecified atom stereocenters. The predicted molar refractivity (Wildman–Crippen MR) is 106 cm³/mol. The first-order chi connectivity index (χ1) is 14.7. The minimum absolute atomic E-state index is 0.160. The van der Waals surface area contributed by atoms with Crippen LogP contribution >= 0.6 is 0 Å². The van der Waals surface area contributed by atoms with E-state index in [1.165, 1.54) is 10.6 Å². The lowest BCUT2D eigenvalue weighted by Gasteiger charge is -2.33. The predicted octanol–water partition coefficient (Wildman–Crippen LogP) is 2.63. The van der Waals surface area contributed by atoms with Crippen LogP contribution in [0, 0.1) is 5.82 Å². The first kappa shape index (κ1) is 16.9. The third kappa shape index (κ3) is 2.38. The van der Waals surface area contributed by atoms with Crippen LogP contribution in [0.15, 0.2) is 61.3 Å². The summed E-state index contributed by atoms with van der Waals surface area (Å²) in [6.45, 7) is 0.485. The molecule has 0 saturated heterocycles. The molecule has 30 heavy (non-hydrogen) atoms. The van der Waals surface area contributed by atoms with E-state index in [2.05, 4.69) is 20.2 Å². The summed E-state index contributed by atoms with van der Waals surface area (Å²) < 4.78 is 17.4. The Kier molecular flexibility index (Phi) is 3.52. The number of carbonyl (C=O) groups excluding carboxylic acids is 1. The van der Waals surface area contributed by atoms with Gasteiger partial charge in [-0.2, -0.15) is 10.2 Å². The van der Waals surface area contributed by atoms with Crippen molar-refractivity contribution in [3.63, 3.8) is 0 Å². The van der Waals surface area contributed by atoms with Gasteiger partial charge in [0, 0.05) is 31.1 Å². The number of amides is 1. The van der Waals surface area contributed by atoms with Crippen LogP contribution in [0.1, 0.15) is 33.5 Å². The normalized spacial score (nSPS) is 16.3. The van der Waals surface area contributed by atoms with Gasteiger partial charge in [0.1, 0.15) is 17.4 Å². The minimum Gasteiger partial charge on any atom is -0.348 e. The lowest BCUT2D eigenvalue weighted by Crippen LogP contribution is -2.41. The Balaban J connectivity index is 1.50. The van der Waals surface area contributed by atoms with Gasteiger partial charge in [-0.3, -0.25) is 4.79 Å². The van der Waals surface area contributed by atoms with Gasteiger partial charge in [-0.25, -0.2) is 18.4 Å². The van der Waals surface area contributed by atoms with Gasteiger partial charge in [0.05, 0.1) is 35.0 Å². The van der Waals surface area contributed by atoms with Gasteiger partial charge < -0.3 is 9.88 Å². The van der Waals surface area contributed by atoms with Crippen LogP contribution < -0.4 is 0 Å². The lowest BCUT2D eigenvalue weighted by molar-refractivity contribution is 0.0689. The zero-order valence-corrected chi connectivity index (χ0v) is 15.7. The van der Waals surface area contributed by atoms with E-state index in [0.29, 0.717) is 29.7 Å². The van der Waals surface area contributed by atoms with Gasteiger partial charge in [-0.05, 0) is 30.3 Å². The number of carbonyl (C=O) groups is 1. The molecule has 0 aliphatic carbocycles. The first-order valence-electron chi connectivity index (χ1n) is 9.60. The van der Waals surface area contributed by atoms with E-state index in [4.69, 9.17) is 0 Å². The number of hydrogen-bond donors (Lipinski definition) is 1. The number of hydrogen-bond acceptors (Lipinski definition) is 4. The van der Waals surface area contributed by atoms with Gasteiger partial charge in [0.25, 0.3) is 5.91 Å². The SMILES string of the molecule is O=C(c1cnn2ccccc12)N1CCc2[nH]cnc2[C@@H]1c1cc2c(F)cccn2n1. The van der Waals surface area contributed by atoms with Gasteiger partial charge in [0.2, 0.25) is 0 Å². The molecular formula is C21H16FN7O. The molecule has 0 aromatic carbocycles. The maximum atomic E-state index is 14.3.